The lowest BCUT2D eigenvalue weighted by molar-refractivity contribution is 0.394. The van der Waals surface area contributed by atoms with E-state index < -0.39 is 0 Å². The predicted octanol–water partition coefficient (Wildman–Crippen LogP) is 2.53. The lowest BCUT2D eigenvalue weighted by atomic mass is 10.0. The van der Waals surface area contributed by atoms with Crippen molar-refractivity contribution in [3.05, 3.63) is 42.1 Å². The Hall–Kier alpha value is -1.81. The van der Waals surface area contributed by atoms with Crippen LogP contribution in [0.2, 0.25) is 0 Å². The van der Waals surface area contributed by atoms with Gasteiger partial charge in [-0.3, -0.25) is 4.98 Å². The second-order valence-corrected chi connectivity index (χ2v) is 5.40. The molecule has 2 aromatic heterocycles. The first kappa shape index (κ1) is 13.2. The highest BCUT2D eigenvalue weighted by atomic mass is 15.0. The molecule has 1 aliphatic rings. The number of nitrogens with zero attached hydrogens (tertiary/aromatic N) is 3. The van der Waals surface area contributed by atoms with Gasteiger partial charge in [0.25, 0.3) is 0 Å². The Balaban J connectivity index is 1.83. The molecule has 2 aromatic rings. The number of pyridine rings is 1. The van der Waals surface area contributed by atoms with Crippen molar-refractivity contribution in [3.8, 4) is 11.3 Å². The molecule has 104 valence electrons. The first-order valence-electron chi connectivity index (χ1n) is 7.29. The molecule has 4 nitrogen and oxygen atoms in total. The molecule has 0 bridgehead atoms. The van der Waals surface area contributed by atoms with Gasteiger partial charge in [-0.15, -0.1) is 0 Å². The molecular weight excluding hydrogens is 248 g/mol. The standard InChI is InChI=1S/C16H20N4/c1-12-9-15(13-5-4-7-17-11-13)20-16(19-12)10-14-6-2-3-8-18-14/h4-5,7,9,11,14,18H,2-3,6,8,10H2,1H3. The number of nitrogens with one attached hydrogen (secondary N) is 1. The van der Waals surface area contributed by atoms with Crippen LogP contribution in [0, 0.1) is 6.92 Å². The second kappa shape index (κ2) is 6.09. The van der Waals surface area contributed by atoms with E-state index in [-0.39, 0.29) is 0 Å². The molecule has 0 spiro atoms. The monoisotopic (exact) mass is 268 g/mol. The van der Waals surface area contributed by atoms with Gasteiger partial charge >= 0.3 is 0 Å². The Kier molecular flexibility index (Phi) is 4.02. The van der Waals surface area contributed by atoms with Gasteiger partial charge in [-0.05, 0) is 44.5 Å². The van der Waals surface area contributed by atoms with Gasteiger partial charge in [0.2, 0.25) is 0 Å². The van der Waals surface area contributed by atoms with Crippen LogP contribution >= 0.6 is 0 Å². The summed E-state index contributed by atoms with van der Waals surface area (Å²) in [4.78, 5) is 13.5. The fraction of sp³-hybridized carbons (Fsp3) is 0.438. The van der Waals surface area contributed by atoms with Gasteiger partial charge in [-0.2, -0.15) is 0 Å². The maximum Gasteiger partial charge on any atom is 0.130 e. The summed E-state index contributed by atoms with van der Waals surface area (Å²) in [6.45, 7) is 3.14. The van der Waals surface area contributed by atoms with Gasteiger partial charge in [0.15, 0.2) is 0 Å². The van der Waals surface area contributed by atoms with Crippen molar-refractivity contribution < 1.29 is 0 Å². The average Bonchev–Trinajstić information content (AvgIpc) is 2.49. The number of aryl methyl sites for hydroxylation is 1. The van der Waals surface area contributed by atoms with E-state index >= 15 is 0 Å². The molecule has 1 unspecified atom stereocenters. The Morgan fingerprint density at radius 2 is 2.25 bits per heavy atom. The molecule has 0 amide bonds. The molecule has 4 heteroatoms. The van der Waals surface area contributed by atoms with Crippen LogP contribution in [0.4, 0.5) is 0 Å². The predicted molar refractivity (Wildman–Crippen MR) is 79.3 cm³/mol. The second-order valence-electron chi connectivity index (χ2n) is 5.40. The third-order valence-electron chi connectivity index (χ3n) is 3.70. The Morgan fingerprint density at radius 3 is 3.00 bits per heavy atom. The SMILES string of the molecule is Cc1cc(-c2cccnc2)nc(CC2CCCCN2)n1. The van der Waals surface area contributed by atoms with E-state index in [1.165, 1.54) is 19.3 Å². The van der Waals surface area contributed by atoms with Gasteiger partial charge in [-0.25, -0.2) is 9.97 Å². The Bertz CT molecular complexity index is 562. The molecule has 1 atom stereocenters. The minimum atomic E-state index is 0.521. The van der Waals surface area contributed by atoms with Gasteiger partial charge in [0, 0.05) is 36.1 Å². The zero-order chi connectivity index (χ0) is 13.8. The van der Waals surface area contributed by atoms with Crippen molar-refractivity contribution in [1.82, 2.24) is 20.3 Å². The number of aromatic nitrogens is 3. The minimum absolute atomic E-state index is 0.521. The molecule has 0 saturated carbocycles. The normalized spacial score (nSPS) is 18.9. The zero-order valence-corrected chi connectivity index (χ0v) is 11.8. The summed E-state index contributed by atoms with van der Waals surface area (Å²) in [5, 5.41) is 3.55. The van der Waals surface area contributed by atoms with Gasteiger partial charge in [0.1, 0.15) is 5.82 Å². The third kappa shape index (κ3) is 3.20. The summed E-state index contributed by atoms with van der Waals surface area (Å²) >= 11 is 0. The largest absolute Gasteiger partial charge is 0.314 e. The third-order valence-corrected chi connectivity index (χ3v) is 3.70. The first-order valence-corrected chi connectivity index (χ1v) is 7.29. The van der Waals surface area contributed by atoms with Crippen LogP contribution in [0.3, 0.4) is 0 Å². The van der Waals surface area contributed by atoms with Crippen molar-refractivity contribution in [3.63, 3.8) is 0 Å². The number of hydrogen-bond acceptors (Lipinski definition) is 4. The average molecular weight is 268 g/mol. The van der Waals surface area contributed by atoms with Crippen molar-refractivity contribution in [2.75, 3.05) is 6.54 Å². The first-order chi connectivity index (χ1) is 9.81. The lowest BCUT2D eigenvalue weighted by Crippen LogP contribution is -2.36. The van der Waals surface area contributed by atoms with Crippen molar-refractivity contribution in [2.24, 2.45) is 0 Å². The van der Waals surface area contributed by atoms with E-state index in [0.29, 0.717) is 6.04 Å². The van der Waals surface area contributed by atoms with E-state index in [0.717, 1.165) is 35.7 Å². The smallest absolute Gasteiger partial charge is 0.130 e. The molecule has 1 fully saturated rings. The number of rotatable bonds is 3. The summed E-state index contributed by atoms with van der Waals surface area (Å²) in [7, 11) is 0. The Morgan fingerprint density at radius 1 is 1.30 bits per heavy atom. The van der Waals surface area contributed by atoms with Crippen LogP contribution in [0.5, 0.6) is 0 Å². The van der Waals surface area contributed by atoms with E-state index in [2.05, 4.69) is 15.3 Å². The van der Waals surface area contributed by atoms with Crippen LogP contribution in [0.15, 0.2) is 30.6 Å². The highest BCUT2D eigenvalue weighted by molar-refractivity contribution is 5.57. The molecule has 3 rings (SSSR count). The number of hydrogen-bond donors (Lipinski definition) is 1. The zero-order valence-electron chi connectivity index (χ0n) is 11.8. The van der Waals surface area contributed by atoms with Crippen LogP contribution in [-0.2, 0) is 6.42 Å². The number of piperidine rings is 1. The van der Waals surface area contributed by atoms with E-state index in [1.54, 1.807) is 6.20 Å². The van der Waals surface area contributed by atoms with Gasteiger partial charge < -0.3 is 5.32 Å². The fourth-order valence-corrected chi connectivity index (χ4v) is 2.70. The molecule has 20 heavy (non-hydrogen) atoms. The van der Waals surface area contributed by atoms with Crippen LogP contribution < -0.4 is 5.32 Å². The summed E-state index contributed by atoms with van der Waals surface area (Å²) in [5.74, 6) is 0.934. The highest BCUT2D eigenvalue weighted by Crippen LogP contribution is 2.18. The van der Waals surface area contributed by atoms with Crippen molar-refractivity contribution >= 4 is 0 Å². The van der Waals surface area contributed by atoms with E-state index in [9.17, 15) is 0 Å². The van der Waals surface area contributed by atoms with Crippen LogP contribution in [0.1, 0.15) is 30.8 Å². The molecule has 3 heterocycles. The van der Waals surface area contributed by atoms with Crippen LogP contribution in [-0.4, -0.2) is 27.5 Å². The maximum absolute atomic E-state index is 4.71. The van der Waals surface area contributed by atoms with Gasteiger partial charge in [-0.1, -0.05) is 6.42 Å². The molecule has 0 aromatic carbocycles. The fourth-order valence-electron chi connectivity index (χ4n) is 2.70. The highest BCUT2D eigenvalue weighted by Gasteiger charge is 2.15. The van der Waals surface area contributed by atoms with E-state index in [4.69, 9.17) is 4.98 Å². The molecule has 1 N–H and O–H groups in total. The molecule has 1 aliphatic heterocycles. The lowest BCUT2D eigenvalue weighted by Gasteiger charge is -2.22. The minimum Gasteiger partial charge on any atom is -0.314 e. The summed E-state index contributed by atoms with van der Waals surface area (Å²) in [6.07, 6.45) is 8.36. The maximum atomic E-state index is 4.71. The van der Waals surface area contributed by atoms with Crippen molar-refractivity contribution in [2.45, 2.75) is 38.6 Å². The quantitative estimate of drug-likeness (QED) is 0.929. The van der Waals surface area contributed by atoms with Crippen molar-refractivity contribution in [1.29, 1.82) is 0 Å². The van der Waals surface area contributed by atoms with E-state index in [1.807, 2.05) is 31.3 Å². The molecule has 0 radical (unpaired) electrons. The van der Waals surface area contributed by atoms with Gasteiger partial charge in [0.05, 0.1) is 5.69 Å². The molecular formula is C16H20N4. The molecule has 0 aliphatic carbocycles. The molecule has 1 saturated heterocycles. The topological polar surface area (TPSA) is 50.7 Å². The summed E-state index contributed by atoms with van der Waals surface area (Å²) in [6, 6.07) is 6.52. The Labute approximate surface area is 119 Å². The summed E-state index contributed by atoms with van der Waals surface area (Å²) < 4.78 is 0. The van der Waals surface area contributed by atoms with Crippen LogP contribution in [0.25, 0.3) is 11.3 Å². The summed E-state index contributed by atoms with van der Waals surface area (Å²) in [5.41, 5.74) is 3.04.